The molecule has 7 nitrogen and oxygen atoms in total. The first kappa shape index (κ1) is 21.9. The van der Waals surface area contributed by atoms with Gasteiger partial charge in [-0.1, -0.05) is 56.3 Å². The Morgan fingerprint density at radius 3 is 2.10 bits per heavy atom. The van der Waals surface area contributed by atoms with Gasteiger partial charge < -0.3 is 10.1 Å². The van der Waals surface area contributed by atoms with E-state index >= 15 is 0 Å². The van der Waals surface area contributed by atoms with Crippen LogP contribution in [0.1, 0.15) is 43.7 Å². The molecule has 3 amide bonds. The molecule has 0 saturated carbocycles. The van der Waals surface area contributed by atoms with Gasteiger partial charge in [0.15, 0.2) is 6.61 Å². The number of hydrazine groups is 1. The van der Waals surface area contributed by atoms with Crippen molar-refractivity contribution < 1.29 is 19.1 Å². The normalized spacial score (nSPS) is 10.3. The summed E-state index contributed by atoms with van der Waals surface area (Å²) in [6.07, 6.45) is 0.00562. The molecule has 0 aromatic heterocycles. The number of nitrogens with one attached hydrogen (secondary N) is 3. The standard InChI is InChI=1S/C22H27N3O4/c1-16(2)18-8-10-19(11-9-18)29-15-22(28)25-24-21(27)13-12-20(26)23-14-17-6-4-3-5-7-17/h3-11,16H,12-15H2,1-2H3,(H,23,26)(H,24,27)(H,25,28). The highest BCUT2D eigenvalue weighted by Gasteiger charge is 2.09. The van der Waals surface area contributed by atoms with Crippen molar-refractivity contribution in [3.63, 3.8) is 0 Å². The minimum atomic E-state index is -0.486. The maximum atomic E-state index is 11.8. The molecule has 0 bridgehead atoms. The summed E-state index contributed by atoms with van der Waals surface area (Å²) in [4.78, 5) is 35.3. The highest BCUT2D eigenvalue weighted by molar-refractivity contribution is 5.86. The fraction of sp³-hybridized carbons (Fsp3) is 0.318. The summed E-state index contributed by atoms with van der Waals surface area (Å²) in [6, 6.07) is 17.0. The fourth-order valence-corrected chi connectivity index (χ4v) is 2.45. The third kappa shape index (κ3) is 8.47. The van der Waals surface area contributed by atoms with E-state index in [0.717, 1.165) is 5.56 Å². The quantitative estimate of drug-likeness (QED) is 0.566. The van der Waals surface area contributed by atoms with E-state index in [-0.39, 0.29) is 25.4 Å². The van der Waals surface area contributed by atoms with Crippen LogP contribution < -0.4 is 20.9 Å². The van der Waals surface area contributed by atoms with Gasteiger partial charge in [0.2, 0.25) is 11.8 Å². The minimum absolute atomic E-state index is 0.0293. The van der Waals surface area contributed by atoms with Crippen LogP contribution in [0.15, 0.2) is 54.6 Å². The first-order valence-corrected chi connectivity index (χ1v) is 9.55. The van der Waals surface area contributed by atoms with Crippen LogP contribution in [-0.2, 0) is 20.9 Å². The zero-order valence-electron chi connectivity index (χ0n) is 16.7. The summed E-state index contributed by atoms with van der Waals surface area (Å²) in [5.74, 6) is -0.174. The molecule has 0 spiro atoms. The fourth-order valence-electron chi connectivity index (χ4n) is 2.45. The van der Waals surface area contributed by atoms with Gasteiger partial charge in [0.1, 0.15) is 5.75 Å². The second kappa shape index (κ2) is 11.5. The van der Waals surface area contributed by atoms with E-state index in [1.54, 1.807) is 12.1 Å². The van der Waals surface area contributed by atoms with Crippen LogP contribution in [0, 0.1) is 0 Å². The predicted molar refractivity (Wildman–Crippen MR) is 110 cm³/mol. The maximum absolute atomic E-state index is 11.8. The lowest BCUT2D eigenvalue weighted by atomic mass is 10.0. The van der Waals surface area contributed by atoms with Crippen molar-refractivity contribution in [2.45, 2.75) is 39.2 Å². The summed E-state index contributed by atoms with van der Waals surface area (Å²) in [5.41, 5.74) is 6.71. The lowest BCUT2D eigenvalue weighted by molar-refractivity contribution is -0.131. The van der Waals surface area contributed by atoms with Gasteiger partial charge in [0.05, 0.1) is 0 Å². The molecule has 0 unspecified atom stereocenters. The van der Waals surface area contributed by atoms with Crippen LogP contribution in [0.25, 0.3) is 0 Å². The number of ether oxygens (including phenoxy) is 1. The van der Waals surface area contributed by atoms with Crippen LogP contribution in [0.4, 0.5) is 0 Å². The van der Waals surface area contributed by atoms with E-state index in [1.807, 2.05) is 42.5 Å². The summed E-state index contributed by atoms with van der Waals surface area (Å²) >= 11 is 0. The van der Waals surface area contributed by atoms with Crippen LogP contribution in [-0.4, -0.2) is 24.3 Å². The van der Waals surface area contributed by atoms with Crippen molar-refractivity contribution in [2.24, 2.45) is 0 Å². The van der Waals surface area contributed by atoms with Crippen LogP contribution in [0.2, 0.25) is 0 Å². The van der Waals surface area contributed by atoms with Gasteiger partial charge in [-0.25, -0.2) is 0 Å². The van der Waals surface area contributed by atoms with E-state index in [1.165, 1.54) is 5.56 Å². The number of carbonyl (C=O) groups is 3. The Bertz CT molecular complexity index is 805. The number of amides is 3. The molecule has 3 N–H and O–H groups in total. The molecular weight excluding hydrogens is 370 g/mol. The second-order valence-electron chi connectivity index (χ2n) is 6.87. The van der Waals surface area contributed by atoms with Gasteiger partial charge in [-0.05, 0) is 29.2 Å². The molecule has 0 fully saturated rings. The maximum Gasteiger partial charge on any atom is 0.276 e. The summed E-state index contributed by atoms with van der Waals surface area (Å²) in [5, 5.41) is 2.74. The predicted octanol–water partition coefficient (Wildman–Crippen LogP) is 2.43. The largest absolute Gasteiger partial charge is 0.484 e. The summed E-state index contributed by atoms with van der Waals surface area (Å²) in [6.45, 7) is 4.38. The Kier molecular flexibility index (Phi) is 8.69. The Labute approximate surface area is 170 Å². The molecule has 2 aromatic carbocycles. The van der Waals surface area contributed by atoms with Gasteiger partial charge in [0, 0.05) is 19.4 Å². The third-order valence-electron chi connectivity index (χ3n) is 4.17. The van der Waals surface area contributed by atoms with Crippen molar-refractivity contribution in [2.75, 3.05) is 6.61 Å². The monoisotopic (exact) mass is 397 g/mol. The van der Waals surface area contributed by atoms with E-state index in [9.17, 15) is 14.4 Å². The third-order valence-corrected chi connectivity index (χ3v) is 4.17. The zero-order valence-corrected chi connectivity index (χ0v) is 16.7. The Hall–Kier alpha value is -3.35. The molecule has 29 heavy (non-hydrogen) atoms. The van der Waals surface area contributed by atoms with Crippen LogP contribution in [0.5, 0.6) is 5.75 Å². The molecule has 7 heteroatoms. The number of hydrogen-bond donors (Lipinski definition) is 3. The van der Waals surface area contributed by atoms with Gasteiger partial charge >= 0.3 is 0 Å². The number of rotatable bonds is 9. The van der Waals surface area contributed by atoms with Gasteiger partial charge in [-0.15, -0.1) is 0 Å². The van der Waals surface area contributed by atoms with Crippen molar-refractivity contribution in [1.29, 1.82) is 0 Å². The lowest BCUT2D eigenvalue weighted by Crippen LogP contribution is -2.44. The SMILES string of the molecule is CC(C)c1ccc(OCC(=O)NNC(=O)CCC(=O)NCc2ccccc2)cc1. The van der Waals surface area contributed by atoms with Crippen LogP contribution >= 0.6 is 0 Å². The van der Waals surface area contributed by atoms with Crippen LogP contribution in [0.3, 0.4) is 0 Å². The smallest absolute Gasteiger partial charge is 0.276 e. The molecule has 0 aliphatic carbocycles. The molecule has 2 rings (SSSR count). The first-order chi connectivity index (χ1) is 13.9. The average Bonchev–Trinajstić information content (AvgIpc) is 2.74. The topological polar surface area (TPSA) is 96.5 Å². The number of carbonyl (C=O) groups excluding carboxylic acids is 3. The molecule has 154 valence electrons. The highest BCUT2D eigenvalue weighted by Crippen LogP contribution is 2.18. The highest BCUT2D eigenvalue weighted by atomic mass is 16.5. The van der Waals surface area contributed by atoms with E-state index in [2.05, 4.69) is 30.0 Å². The second-order valence-corrected chi connectivity index (χ2v) is 6.87. The Morgan fingerprint density at radius 2 is 1.45 bits per heavy atom. The minimum Gasteiger partial charge on any atom is -0.484 e. The molecule has 0 atom stereocenters. The zero-order chi connectivity index (χ0) is 21.1. The van der Waals surface area contributed by atoms with Crippen molar-refractivity contribution >= 4 is 17.7 Å². The Balaban J connectivity index is 1.59. The van der Waals surface area contributed by atoms with Crippen molar-refractivity contribution in [3.05, 3.63) is 65.7 Å². The van der Waals surface area contributed by atoms with Crippen molar-refractivity contribution in [1.82, 2.24) is 16.2 Å². The average molecular weight is 397 g/mol. The van der Waals surface area contributed by atoms with E-state index in [0.29, 0.717) is 18.2 Å². The molecule has 0 aliphatic rings. The first-order valence-electron chi connectivity index (χ1n) is 9.55. The molecule has 0 radical (unpaired) electrons. The molecule has 0 heterocycles. The van der Waals surface area contributed by atoms with Gasteiger partial charge in [-0.3, -0.25) is 25.2 Å². The van der Waals surface area contributed by atoms with Gasteiger partial charge in [-0.2, -0.15) is 0 Å². The summed E-state index contributed by atoms with van der Waals surface area (Å²) in [7, 11) is 0. The van der Waals surface area contributed by atoms with Gasteiger partial charge in [0.25, 0.3) is 5.91 Å². The molecule has 2 aromatic rings. The Morgan fingerprint density at radius 1 is 0.828 bits per heavy atom. The summed E-state index contributed by atoms with van der Waals surface area (Å²) < 4.78 is 5.38. The van der Waals surface area contributed by atoms with E-state index in [4.69, 9.17) is 4.74 Å². The lowest BCUT2D eigenvalue weighted by Gasteiger charge is -2.10. The molecule has 0 aliphatic heterocycles. The number of hydrogen-bond acceptors (Lipinski definition) is 4. The van der Waals surface area contributed by atoms with Crippen molar-refractivity contribution in [3.8, 4) is 5.75 Å². The molecule has 0 saturated heterocycles. The molecular formula is C22H27N3O4. The number of benzene rings is 2. The van der Waals surface area contributed by atoms with E-state index < -0.39 is 11.8 Å².